The van der Waals surface area contributed by atoms with E-state index in [4.69, 9.17) is 0 Å². The zero-order valence-corrected chi connectivity index (χ0v) is 11.4. The Balaban J connectivity index is 1.95. The molecule has 0 unspecified atom stereocenters. The van der Waals surface area contributed by atoms with Crippen LogP contribution in [0.2, 0.25) is 0 Å². The van der Waals surface area contributed by atoms with Crippen LogP contribution < -0.4 is 10.6 Å². The van der Waals surface area contributed by atoms with Crippen LogP contribution in [0.1, 0.15) is 43.0 Å². The first-order valence-corrected chi connectivity index (χ1v) is 7.02. The van der Waals surface area contributed by atoms with Crippen molar-refractivity contribution in [3.8, 4) is 0 Å². The van der Waals surface area contributed by atoms with E-state index in [2.05, 4.69) is 17.6 Å². The minimum atomic E-state index is -0.247. The Morgan fingerprint density at radius 3 is 2.79 bits per heavy atom. The summed E-state index contributed by atoms with van der Waals surface area (Å²) >= 11 is 0. The zero-order valence-electron chi connectivity index (χ0n) is 11.4. The lowest BCUT2D eigenvalue weighted by atomic mass is 9.89. The predicted molar refractivity (Wildman–Crippen MR) is 76.3 cm³/mol. The first-order chi connectivity index (χ1) is 9.20. The van der Waals surface area contributed by atoms with Crippen molar-refractivity contribution in [1.82, 2.24) is 5.32 Å². The van der Waals surface area contributed by atoms with Crippen molar-refractivity contribution in [3.05, 3.63) is 29.8 Å². The summed E-state index contributed by atoms with van der Waals surface area (Å²) in [6.45, 7) is 3.02. The number of aliphatic hydroxyl groups excluding tert-OH is 1. The van der Waals surface area contributed by atoms with E-state index in [9.17, 15) is 9.90 Å². The molecule has 2 rings (SSSR count). The molecule has 4 nitrogen and oxygen atoms in total. The van der Waals surface area contributed by atoms with Crippen molar-refractivity contribution in [2.45, 2.75) is 44.8 Å². The standard InChI is InChI=1S/C15H22N2O2/c1-2-3-8-16-14-7-5-4-6-13(14)15(19)17-11-9-12(18)10-11/h4-7,11-12,16,18H,2-3,8-10H2,1H3,(H,17,19). The van der Waals surface area contributed by atoms with E-state index in [1.165, 1.54) is 0 Å². The molecule has 1 aliphatic carbocycles. The number of anilines is 1. The van der Waals surface area contributed by atoms with Crippen LogP contribution in [0.25, 0.3) is 0 Å². The SMILES string of the molecule is CCCCNc1ccccc1C(=O)NC1CC(O)C1. The van der Waals surface area contributed by atoms with Crippen molar-refractivity contribution >= 4 is 11.6 Å². The Kier molecular flexibility index (Phi) is 4.80. The Labute approximate surface area is 114 Å². The van der Waals surface area contributed by atoms with Crippen LogP contribution in [0.3, 0.4) is 0 Å². The average molecular weight is 262 g/mol. The highest BCUT2D eigenvalue weighted by Crippen LogP contribution is 2.21. The lowest BCUT2D eigenvalue weighted by molar-refractivity contribution is 0.0563. The summed E-state index contributed by atoms with van der Waals surface area (Å²) in [6, 6.07) is 7.68. The summed E-state index contributed by atoms with van der Waals surface area (Å²) in [4.78, 5) is 12.2. The highest BCUT2D eigenvalue weighted by Gasteiger charge is 2.28. The summed E-state index contributed by atoms with van der Waals surface area (Å²) < 4.78 is 0. The van der Waals surface area contributed by atoms with E-state index in [0.29, 0.717) is 18.4 Å². The van der Waals surface area contributed by atoms with E-state index in [-0.39, 0.29) is 18.1 Å². The molecule has 1 aromatic rings. The van der Waals surface area contributed by atoms with Gasteiger partial charge in [0.25, 0.3) is 5.91 Å². The Bertz CT molecular complexity index is 428. The van der Waals surface area contributed by atoms with E-state index < -0.39 is 0 Å². The molecule has 1 amide bonds. The van der Waals surface area contributed by atoms with Gasteiger partial charge in [-0.3, -0.25) is 4.79 Å². The molecule has 0 saturated heterocycles. The summed E-state index contributed by atoms with van der Waals surface area (Å²) in [5.41, 5.74) is 1.56. The van der Waals surface area contributed by atoms with E-state index in [1.807, 2.05) is 24.3 Å². The Morgan fingerprint density at radius 1 is 1.37 bits per heavy atom. The van der Waals surface area contributed by atoms with Gasteiger partial charge in [0.2, 0.25) is 0 Å². The van der Waals surface area contributed by atoms with Gasteiger partial charge in [0.05, 0.1) is 11.7 Å². The quantitative estimate of drug-likeness (QED) is 0.688. The van der Waals surface area contributed by atoms with Crippen molar-refractivity contribution in [3.63, 3.8) is 0 Å². The fourth-order valence-corrected chi connectivity index (χ4v) is 2.20. The van der Waals surface area contributed by atoms with Gasteiger partial charge in [-0.25, -0.2) is 0 Å². The first-order valence-electron chi connectivity index (χ1n) is 7.02. The first kappa shape index (κ1) is 13.9. The van der Waals surface area contributed by atoms with Crippen LogP contribution in [0.4, 0.5) is 5.69 Å². The highest BCUT2D eigenvalue weighted by molar-refractivity contribution is 5.99. The van der Waals surface area contributed by atoms with Crippen LogP contribution in [0, 0.1) is 0 Å². The molecule has 0 aliphatic heterocycles. The van der Waals surface area contributed by atoms with Gasteiger partial charge in [-0.1, -0.05) is 25.5 Å². The number of nitrogens with one attached hydrogen (secondary N) is 2. The van der Waals surface area contributed by atoms with Crippen molar-refractivity contribution in [1.29, 1.82) is 0 Å². The number of amides is 1. The molecule has 104 valence electrons. The van der Waals surface area contributed by atoms with Crippen molar-refractivity contribution in [2.24, 2.45) is 0 Å². The molecule has 19 heavy (non-hydrogen) atoms. The number of hydrogen-bond donors (Lipinski definition) is 3. The number of benzene rings is 1. The largest absolute Gasteiger partial charge is 0.393 e. The number of unbranched alkanes of at least 4 members (excludes halogenated alkanes) is 1. The molecule has 0 aromatic heterocycles. The lowest BCUT2D eigenvalue weighted by Crippen LogP contribution is -2.46. The predicted octanol–water partition coefficient (Wildman–Crippen LogP) is 2.15. The molecule has 3 N–H and O–H groups in total. The van der Waals surface area contributed by atoms with Gasteiger partial charge < -0.3 is 15.7 Å². The summed E-state index contributed by atoms with van der Waals surface area (Å²) in [7, 11) is 0. The minimum absolute atomic E-state index is 0.0588. The van der Waals surface area contributed by atoms with E-state index in [1.54, 1.807) is 0 Å². The van der Waals surface area contributed by atoms with Crippen molar-refractivity contribution < 1.29 is 9.90 Å². The second kappa shape index (κ2) is 6.57. The van der Waals surface area contributed by atoms with Gasteiger partial charge in [0.15, 0.2) is 0 Å². The molecule has 1 aliphatic rings. The number of hydrogen-bond acceptors (Lipinski definition) is 3. The molecule has 0 bridgehead atoms. The Morgan fingerprint density at radius 2 is 2.11 bits per heavy atom. The number of carbonyl (C=O) groups excluding carboxylic acids is 1. The molecule has 0 heterocycles. The van der Waals surface area contributed by atoms with Gasteiger partial charge >= 0.3 is 0 Å². The lowest BCUT2D eigenvalue weighted by Gasteiger charge is -2.32. The summed E-state index contributed by atoms with van der Waals surface area (Å²) in [6.07, 6.45) is 3.30. The van der Waals surface area contributed by atoms with E-state index >= 15 is 0 Å². The normalized spacial score (nSPS) is 21.6. The van der Waals surface area contributed by atoms with Gasteiger partial charge in [0, 0.05) is 18.3 Å². The van der Waals surface area contributed by atoms with Crippen LogP contribution in [0.5, 0.6) is 0 Å². The van der Waals surface area contributed by atoms with Crippen LogP contribution in [-0.4, -0.2) is 29.7 Å². The molecule has 0 radical (unpaired) electrons. The minimum Gasteiger partial charge on any atom is -0.393 e. The van der Waals surface area contributed by atoms with Crippen LogP contribution in [0.15, 0.2) is 24.3 Å². The average Bonchev–Trinajstić information content (AvgIpc) is 2.38. The summed E-state index contributed by atoms with van der Waals surface area (Å²) in [5.74, 6) is -0.0588. The molecular weight excluding hydrogens is 240 g/mol. The summed E-state index contributed by atoms with van der Waals surface area (Å²) in [5, 5.41) is 15.5. The molecule has 0 atom stereocenters. The number of carbonyl (C=O) groups is 1. The monoisotopic (exact) mass is 262 g/mol. The third-order valence-corrected chi connectivity index (χ3v) is 3.47. The van der Waals surface area contributed by atoms with Gasteiger partial charge in [-0.15, -0.1) is 0 Å². The molecule has 0 spiro atoms. The second-order valence-electron chi connectivity index (χ2n) is 5.12. The van der Waals surface area contributed by atoms with Crippen LogP contribution >= 0.6 is 0 Å². The number of para-hydroxylation sites is 1. The number of rotatable bonds is 6. The van der Waals surface area contributed by atoms with Gasteiger partial charge in [-0.2, -0.15) is 0 Å². The molecule has 4 heteroatoms. The molecule has 1 saturated carbocycles. The van der Waals surface area contributed by atoms with Crippen LogP contribution in [-0.2, 0) is 0 Å². The highest BCUT2D eigenvalue weighted by atomic mass is 16.3. The molecular formula is C15H22N2O2. The molecule has 1 fully saturated rings. The van der Waals surface area contributed by atoms with E-state index in [0.717, 1.165) is 25.1 Å². The number of aliphatic hydroxyl groups is 1. The van der Waals surface area contributed by atoms with Gasteiger partial charge in [0.1, 0.15) is 0 Å². The van der Waals surface area contributed by atoms with Crippen molar-refractivity contribution in [2.75, 3.05) is 11.9 Å². The topological polar surface area (TPSA) is 61.4 Å². The maximum atomic E-state index is 12.2. The fraction of sp³-hybridized carbons (Fsp3) is 0.533. The fourth-order valence-electron chi connectivity index (χ4n) is 2.20. The van der Waals surface area contributed by atoms with Gasteiger partial charge in [-0.05, 0) is 31.4 Å². The second-order valence-corrected chi connectivity index (χ2v) is 5.12. The maximum Gasteiger partial charge on any atom is 0.253 e. The third-order valence-electron chi connectivity index (χ3n) is 3.47. The smallest absolute Gasteiger partial charge is 0.253 e. The zero-order chi connectivity index (χ0) is 13.7. The molecule has 1 aromatic carbocycles. The Hall–Kier alpha value is -1.55. The third kappa shape index (κ3) is 3.70. The maximum absolute atomic E-state index is 12.2.